The van der Waals surface area contributed by atoms with E-state index in [-0.39, 0.29) is 71.2 Å². The van der Waals surface area contributed by atoms with Gasteiger partial charge in [-0.25, -0.2) is 0 Å². The molecule has 388 valence electrons. The largest absolute Gasteiger partial charge is 2.00 e. The van der Waals surface area contributed by atoms with Crippen molar-refractivity contribution in [1.82, 2.24) is 0 Å². The SMILES string of the molecule is CCOc1c(-c2cc(C(C)(C)C)cc(CCc3cc(C(C)(C)C)cc(-c4cc(C(C)(C)C)cc(C(C)C)c4OCC)c3O)c2O)cc(C(C)(C)C)cc1C(C)C.O=[C-]c1ccccc1.O=[C-]c1ccccc1.[Zr+2]. The maximum absolute atomic E-state index is 12.4. The molecule has 0 spiro atoms. The summed E-state index contributed by atoms with van der Waals surface area (Å²) in [7, 11) is 0. The number of aromatic hydroxyl groups is 2. The summed E-state index contributed by atoms with van der Waals surface area (Å²) in [6, 6.07) is 35.5. The summed E-state index contributed by atoms with van der Waals surface area (Å²) in [5, 5.41) is 24.7. The van der Waals surface area contributed by atoms with Crippen molar-refractivity contribution in [2.45, 2.75) is 171 Å². The zero-order valence-corrected chi connectivity index (χ0v) is 49.9. The van der Waals surface area contributed by atoms with Crippen LogP contribution in [0.5, 0.6) is 23.0 Å². The molecule has 0 saturated heterocycles. The summed E-state index contributed by atoms with van der Waals surface area (Å²) in [4.78, 5) is 19.8. The Labute approximate surface area is 459 Å². The summed E-state index contributed by atoms with van der Waals surface area (Å²) in [6.07, 6.45) is 4.64. The van der Waals surface area contributed by atoms with Crippen LogP contribution in [0, 0.1) is 0 Å². The molecule has 6 aromatic carbocycles. The molecule has 0 aromatic heterocycles. The molecule has 0 aliphatic rings. The molecule has 7 heteroatoms. The van der Waals surface area contributed by atoms with Gasteiger partial charge in [0, 0.05) is 22.3 Å². The molecule has 0 radical (unpaired) electrons. The topological polar surface area (TPSA) is 93.1 Å². The average molecular weight is 1060 g/mol. The Kier molecular flexibility index (Phi) is 22.3. The summed E-state index contributed by atoms with van der Waals surface area (Å²) in [5.41, 5.74) is 12.8. The van der Waals surface area contributed by atoms with Gasteiger partial charge in [0.25, 0.3) is 0 Å². The maximum atomic E-state index is 12.4. The molecular formula is C66H84O6Zr. The number of hydrogen-bond acceptors (Lipinski definition) is 6. The van der Waals surface area contributed by atoms with Crippen LogP contribution in [0.3, 0.4) is 0 Å². The number of hydrogen-bond donors (Lipinski definition) is 2. The normalized spacial score (nSPS) is 11.7. The third kappa shape index (κ3) is 16.6. The summed E-state index contributed by atoms with van der Waals surface area (Å²) >= 11 is 0. The first kappa shape index (κ1) is 62.0. The van der Waals surface area contributed by atoms with Crippen molar-refractivity contribution >= 4 is 12.6 Å². The van der Waals surface area contributed by atoms with Crippen molar-refractivity contribution in [2.75, 3.05) is 13.2 Å². The monoisotopic (exact) mass is 1060 g/mol. The summed E-state index contributed by atoms with van der Waals surface area (Å²) in [5.74, 6) is 2.69. The van der Waals surface area contributed by atoms with Crippen LogP contribution in [-0.2, 0) is 70.3 Å². The van der Waals surface area contributed by atoms with Gasteiger partial charge in [-0.3, -0.25) is 0 Å². The molecule has 6 nitrogen and oxygen atoms in total. The van der Waals surface area contributed by atoms with Crippen LogP contribution < -0.4 is 9.47 Å². The Morgan fingerprint density at radius 3 is 0.945 bits per heavy atom. The van der Waals surface area contributed by atoms with Crippen molar-refractivity contribution in [3.63, 3.8) is 0 Å². The van der Waals surface area contributed by atoms with Crippen molar-refractivity contribution in [2.24, 2.45) is 0 Å². The van der Waals surface area contributed by atoms with Gasteiger partial charge in [-0.1, -0.05) is 147 Å². The second-order valence-electron chi connectivity index (χ2n) is 23.6. The van der Waals surface area contributed by atoms with E-state index in [0.717, 1.165) is 67.1 Å². The quantitative estimate of drug-likeness (QED) is 0.112. The number of benzene rings is 6. The molecule has 0 atom stereocenters. The van der Waals surface area contributed by atoms with Gasteiger partial charge < -0.3 is 29.3 Å². The van der Waals surface area contributed by atoms with E-state index in [9.17, 15) is 19.8 Å². The van der Waals surface area contributed by atoms with E-state index in [1.807, 2.05) is 26.0 Å². The fraction of sp³-hybridized carbons (Fsp3) is 0.424. The molecule has 0 aliphatic carbocycles. The fourth-order valence-corrected chi connectivity index (χ4v) is 8.37. The van der Waals surface area contributed by atoms with Gasteiger partial charge in [-0.2, -0.15) is 35.4 Å². The van der Waals surface area contributed by atoms with Gasteiger partial charge in [0.05, 0.1) is 25.8 Å². The van der Waals surface area contributed by atoms with Crippen LogP contribution in [0.25, 0.3) is 22.3 Å². The van der Waals surface area contributed by atoms with Crippen LogP contribution in [0.4, 0.5) is 0 Å². The van der Waals surface area contributed by atoms with Crippen LogP contribution in [-0.4, -0.2) is 36.0 Å². The van der Waals surface area contributed by atoms with E-state index in [2.05, 4.69) is 159 Å². The Morgan fingerprint density at radius 1 is 0.438 bits per heavy atom. The van der Waals surface area contributed by atoms with Gasteiger partial charge in [0.2, 0.25) is 0 Å². The van der Waals surface area contributed by atoms with Crippen LogP contribution in [0.2, 0.25) is 0 Å². The predicted octanol–water partition coefficient (Wildman–Crippen LogP) is 16.7. The molecule has 0 saturated carbocycles. The number of ether oxygens (including phenoxy) is 2. The number of rotatable bonds is 13. The van der Waals surface area contributed by atoms with Crippen molar-refractivity contribution in [3.8, 4) is 45.3 Å². The van der Waals surface area contributed by atoms with E-state index in [1.54, 1.807) is 61.1 Å². The van der Waals surface area contributed by atoms with Gasteiger partial charge in [0.15, 0.2) is 0 Å². The smallest absolute Gasteiger partial charge is 0.507 e. The van der Waals surface area contributed by atoms with Crippen molar-refractivity contribution < 1.29 is 55.5 Å². The van der Waals surface area contributed by atoms with Crippen LogP contribution in [0.15, 0.2) is 109 Å². The van der Waals surface area contributed by atoms with E-state index < -0.39 is 0 Å². The molecule has 0 unspecified atom stereocenters. The van der Waals surface area contributed by atoms with Gasteiger partial charge in [0.1, 0.15) is 23.0 Å². The van der Waals surface area contributed by atoms with E-state index in [4.69, 9.17) is 9.47 Å². The molecule has 0 amide bonds. The summed E-state index contributed by atoms with van der Waals surface area (Å²) in [6.45, 7) is 40.7. The Hall–Kier alpha value is -5.26. The Balaban J connectivity index is 0.000000697. The molecule has 6 aromatic rings. The van der Waals surface area contributed by atoms with Gasteiger partial charge >= 0.3 is 26.2 Å². The first-order chi connectivity index (χ1) is 33.6. The molecular weight excluding hydrogens is 980 g/mol. The van der Waals surface area contributed by atoms with Gasteiger partial charge in [-0.05, 0) is 129 Å². The Morgan fingerprint density at radius 2 is 0.712 bits per heavy atom. The Bertz CT molecular complexity index is 2550. The number of aryl methyl sites for hydroxylation is 2. The zero-order chi connectivity index (χ0) is 53.9. The molecule has 73 heavy (non-hydrogen) atoms. The maximum Gasteiger partial charge on any atom is 2.00 e. The predicted molar refractivity (Wildman–Crippen MR) is 302 cm³/mol. The van der Waals surface area contributed by atoms with Crippen molar-refractivity contribution in [1.29, 1.82) is 0 Å². The molecule has 0 aliphatic heterocycles. The second-order valence-corrected chi connectivity index (χ2v) is 23.6. The first-order valence-electron chi connectivity index (χ1n) is 25.8. The third-order valence-corrected chi connectivity index (χ3v) is 12.9. The number of phenols is 2. The van der Waals surface area contributed by atoms with E-state index in [1.165, 1.54) is 11.1 Å². The first-order valence-corrected chi connectivity index (χ1v) is 25.8. The molecule has 0 fully saturated rings. The minimum absolute atomic E-state index is 0. The molecule has 0 bridgehead atoms. The molecule has 2 N–H and O–H groups in total. The molecule has 6 rings (SSSR count). The van der Waals surface area contributed by atoms with E-state index >= 15 is 0 Å². The van der Waals surface area contributed by atoms with Crippen LogP contribution >= 0.6 is 0 Å². The summed E-state index contributed by atoms with van der Waals surface area (Å²) < 4.78 is 12.9. The van der Waals surface area contributed by atoms with Gasteiger partial charge in [-0.15, -0.1) is 24.3 Å². The standard InChI is InChI=1S/C52H74O4.2C7H5O.Zr/c1-19-55-47-39(31(3)4)25-37(51(13,14)15)29-43(47)41-27-35(49(7,8)9)23-33(45(41)53)21-22-34-24-36(50(10,11)12)28-42(46(34)54)44-30-38(52(16,17)18)26-40(32(5)6)48(44)56-20-2;2*8-6-7-4-2-1-3-5-7;/h23-32,53-54H,19-22H2,1-18H3;2*1-5H;/q;2*-1;+2. The second kappa shape index (κ2) is 26.3. The van der Waals surface area contributed by atoms with E-state index in [0.29, 0.717) is 37.2 Å². The molecule has 0 heterocycles. The van der Waals surface area contributed by atoms with Crippen LogP contribution in [0.1, 0.15) is 192 Å². The average Bonchev–Trinajstić information content (AvgIpc) is 3.31. The number of carbonyl (C=O) groups excluding carboxylic acids is 2. The third-order valence-electron chi connectivity index (χ3n) is 12.9. The van der Waals surface area contributed by atoms with Crippen molar-refractivity contribution in [3.05, 3.63) is 165 Å². The minimum atomic E-state index is -0.172. The minimum Gasteiger partial charge on any atom is -0.507 e. The number of phenolic OH excluding ortho intramolecular Hbond substituents is 2. The fourth-order valence-electron chi connectivity index (χ4n) is 8.37. The zero-order valence-electron chi connectivity index (χ0n) is 47.4.